The van der Waals surface area contributed by atoms with Crippen LogP contribution in [0.3, 0.4) is 0 Å². The number of hydrogen-bond donors (Lipinski definition) is 2. The lowest BCUT2D eigenvalue weighted by Crippen LogP contribution is -2.30. The van der Waals surface area contributed by atoms with Gasteiger partial charge in [0.25, 0.3) is 5.92 Å². The molecular weight excluding hydrogens is 308 g/mol. The molecule has 2 aromatic carbocycles. The molecule has 3 nitrogen and oxygen atoms in total. The third-order valence-corrected chi connectivity index (χ3v) is 4.47. The first-order chi connectivity index (χ1) is 11.3. The Morgan fingerprint density at radius 3 is 2.33 bits per heavy atom. The molecule has 2 aromatic rings. The molecule has 2 atom stereocenters. The van der Waals surface area contributed by atoms with Crippen LogP contribution in [0.15, 0.2) is 42.5 Å². The lowest BCUT2D eigenvalue weighted by molar-refractivity contribution is -0.0269. The van der Waals surface area contributed by atoms with Gasteiger partial charge < -0.3 is 16.4 Å². The highest BCUT2D eigenvalue weighted by atomic mass is 19.3. The Balaban J connectivity index is 1.85. The number of hydrogen-bond acceptors (Lipinski definition) is 3. The monoisotopic (exact) mass is 331 g/mol. The van der Waals surface area contributed by atoms with Gasteiger partial charge in [0.05, 0.1) is 6.54 Å². The Morgan fingerprint density at radius 1 is 1.00 bits per heavy atom. The van der Waals surface area contributed by atoms with Gasteiger partial charge in [-0.25, -0.2) is 0 Å². The van der Waals surface area contributed by atoms with Gasteiger partial charge in [0.15, 0.2) is 0 Å². The Labute approximate surface area is 141 Å². The van der Waals surface area contributed by atoms with Gasteiger partial charge >= 0.3 is 0 Å². The second kappa shape index (κ2) is 6.06. The molecule has 0 bridgehead atoms. The minimum Gasteiger partial charge on any atom is -0.399 e. The van der Waals surface area contributed by atoms with Crippen molar-refractivity contribution >= 4 is 11.4 Å². The van der Waals surface area contributed by atoms with Gasteiger partial charge in [-0.05, 0) is 73.8 Å². The molecule has 0 aliphatic heterocycles. The van der Waals surface area contributed by atoms with Crippen molar-refractivity contribution in [1.29, 1.82) is 0 Å². The van der Waals surface area contributed by atoms with Crippen LogP contribution in [-0.2, 0) is 5.92 Å². The first-order valence-electron chi connectivity index (χ1n) is 8.05. The molecule has 1 aliphatic rings. The molecular formula is C19H23F2N3. The molecule has 3 rings (SSSR count). The minimum absolute atomic E-state index is 0.00979. The number of rotatable bonds is 5. The molecule has 0 radical (unpaired) electrons. The second-order valence-corrected chi connectivity index (χ2v) is 6.95. The molecule has 2 unspecified atom stereocenters. The van der Waals surface area contributed by atoms with Crippen molar-refractivity contribution in [3.63, 3.8) is 0 Å². The Kier molecular flexibility index (Phi) is 4.22. The van der Waals surface area contributed by atoms with E-state index in [-0.39, 0.29) is 18.0 Å². The normalized spacial score (nSPS) is 20.4. The highest BCUT2D eigenvalue weighted by Crippen LogP contribution is 2.55. The summed E-state index contributed by atoms with van der Waals surface area (Å²) in [6.07, 6.45) is 0.936. The van der Waals surface area contributed by atoms with Gasteiger partial charge in [-0.15, -0.1) is 0 Å². The van der Waals surface area contributed by atoms with E-state index in [1.54, 1.807) is 20.2 Å². The van der Waals surface area contributed by atoms with Crippen LogP contribution < -0.4 is 11.5 Å². The number of nitrogens with two attached hydrogens (primary N) is 2. The summed E-state index contributed by atoms with van der Waals surface area (Å²) in [5.74, 6) is -2.37. The molecule has 0 saturated heterocycles. The van der Waals surface area contributed by atoms with Gasteiger partial charge in [0.2, 0.25) is 0 Å². The summed E-state index contributed by atoms with van der Waals surface area (Å²) >= 11 is 0. The van der Waals surface area contributed by atoms with Gasteiger partial charge in [-0.2, -0.15) is 8.78 Å². The average Bonchev–Trinajstić information content (AvgIpc) is 3.25. The average molecular weight is 331 g/mol. The molecule has 0 heterocycles. The van der Waals surface area contributed by atoms with Crippen LogP contribution in [0.1, 0.15) is 34.9 Å². The third-order valence-electron chi connectivity index (χ3n) is 4.47. The lowest BCUT2D eigenvalue weighted by Gasteiger charge is -2.22. The van der Waals surface area contributed by atoms with Gasteiger partial charge in [-0.1, -0.05) is 12.1 Å². The molecule has 1 aliphatic carbocycles. The molecule has 24 heavy (non-hydrogen) atoms. The smallest absolute Gasteiger partial charge is 0.285 e. The van der Waals surface area contributed by atoms with Crippen LogP contribution in [0, 0.1) is 0 Å². The standard InChI is InChI=1S/C19H23F2N3/c1-24(2)11-19(20,21)14-6-13(8-16(23)9-14)18-10-17(18)12-4-3-5-15(22)7-12/h3-9,17-18H,10-11,22-23H2,1-2H3. The highest BCUT2D eigenvalue weighted by Gasteiger charge is 2.41. The molecule has 4 N–H and O–H groups in total. The summed E-state index contributed by atoms with van der Waals surface area (Å²) in [4.78, 5) is 1.48. The van der Waals surface area contributed by atoms with E-state index < -0.39 is 5.92 Å². The number of nitrogens with zero attached hydrogens (tertiary/aromatic N) is 1. The zero-order valence-electron chi connectivity index (χ0n) is 14.0. The fourth-order valence-electron chi connectivity index (χ4n) is 3.31. The maximum absolute atomic E-state index is 14.4. The van der Waals surface area contributed by atoms with Crippen molar-refractivity contribution < 1.29 is 8.78 Å². The molecule has 0 amide bonds. The maximum atomic E-state index is 14.4. The van der Waals surface area contributed by atoms with E-state index in [0.29, 0.717) is 11.6 Å². The molecule has 1 fully saturated rings. The first-order valence-corrected chi connectivity index (χ1v) is 8.05. The SMILES string of the molecule is CN(C)CC(F)(F)c1cc(N)cc(C2CC2c2cccc(N)c2)c1. The summed E-state index contributed by atoms with van der Waals surface area (Å²) in [7, 11) is 3.27. The van der Waals surface area contributed by atoms with Gasteiger partial charge in [0.1, 0.15) is 0 Å². The zero-order valence-corrected chi connectivity index (χ0v) is 14.0. The molecule has 5 heteroatoms. The van der Waals surface area contributed by atoms with Crippen molar-refractivity contribution in [3.8, 4) is 0 Å². The van der Waals surface area contributed by atoms with E-state index in [1.165, 1.54) is 11.0 Å². The first kappa shape index (κ1) is 16.7. The van der Waals surface area contributed by atoms with E-state index in [9.17, 15) is 8.78 Å². The zero-order chi connectivity index (χ0) is 17.5. The van der Waals surface area contributed by atoms with E-state index in [2.05, 4.69) is 0 Å². The topological polar surface area (TPSA) is 55.3 Å². The fraction of sp³-hybridized carbons (Fsp3) is 0.368. The highest BCUT2D eigenvalue weighted by molar-refractivity contribution is 5.51. The summed E-state index contributed by atoms with van der Waals surface area (Å²) in [5.41, 5.74) is 14.9. The summed E-state index contributed by atoms with van der Waals surface area (Å²) < 4.78 is 28.8. The van der Waals surface area contributed by atoms with Crippen LogP contribution >= 0.6 is 0 Å². The van der Waals surface area contributed by atoms with Crippen molar-refractivity contribution in [2.24, 2.45) is 0 Å². The van der Waals surface area contributed by atoms with Crippen LogP contribution in [0.2, 0.25) is 0 Å². The van der Waals surface area contributed by atoms with E-state index >= 15 is 0 Å². The van der Waals surface area contributed by atoms with Gasteiger partial charge in [-0.3, -0.25) is 0 Å². The number of anilines is 2. The molecule has 0 spiro atoms. The van der Waals surface area contributed by atoms with Crippen LogP contribution in [-0.4, -0.2) is 25.5 Å². The Bertz CT molecular complexity index is 743. The van der Waals surface area contributed by atoms with Crippen LogP contribution in [0.4, 0.5) is 20.2 Å². The van der Waals surface area contributed by atoms with E-state index in [1.807, 2.05) is 30.3 Å². The van der Waals surface area contributed by atoms with E-state index in [4.69, 9.17) is 11.5 Å². The molecule has 0 aromatic heterocycles. The van der Waals surface area contributed by atoms with Gasteiger partial charge in [0, 0.05) is 16.9 Å². The lowest BCUT2D eigenvalue weighted by atomic mass is 9.98. The van der Waals surface area contributed by atoms with Crippen LogP contribution in [0.5, 0.6) is 0 Å². The maximum Gasteiger partial charge on any atom is 0.285 e. The summed E-state index contributed by atoms with van der Waals surface area (Å²) in [6.45, 7) is -0.334. The third kappa shape index (κ3) is 3.51. The van der Waals surface area contributed by atoms with E-state index in [0.717, 1.165) is 23.2 Å². The van der Waals surface area contributed by atoms with Crippen molar-refractivity contribution in [3.05, 3.63) is 59.2 Å². The van der Waals surface area contributed by atoms with Crippen molar-refractivity contribution in [2.75, 3.05) is 32.1 Å². The van der Waals surface area contributed by atoms with Crippen molar-refractivity contribution in [2.45, 2.75) is 24.2 Å². The Morgan fingerprint density at radius 2 is 1.67 bits per heavy atom. The number of halogens is 2. The number of alkyl halides is 2. The predicted octanol–water partition coefficient (Wildman–Crippen LogP) is 3.78. The molecule has 128 valence electrons. The minimum atomic E-state index is -2.92. The second-order valence-electron chi connectivity index (χ2n) is 6.95. The molecule has 1 saturated carbocycles. The van der Waals surface area contributed by atoms with Crippen LogP contribution in [0.25, 0.3) is 0 Å². The summed E-state index contributed by atoms with van der Waals surface area (Å²) in [6, 6.07) is 12.6. The number of nitrogen functional groups attached to an aromatic ring is 2. The van der Waals surface area contributed by atoms with Crippen molar-refractivity contribution in [1.82, 2.24) is 4.90 Å². The summed E-state index contributed by atoms with van der Waals surface area (Å²) in [5, 5.41) is 0. The fourth-order valence-corrected chi connectivity index (χ4v) is 3.31. The Hall–Kier alpha value is -2.14. The largest absolute Gasteiger partial charge is 0.399 e. The number of benzene rings is 2. The number of likely N-dealkylation sites (N-methyl/N-ethyl adjacent to an activating group) is 1. The quantitative estimate of drug-likeness (QED) is 0.820. The predicted molar refractivity (Wildman–Crippen MR) is 94.3 cm³/mol.